The summed E-state index contributed by atoms with van der Waals surface area (Å²) < 4.78 is 1.67. The number of hydrogen-bond acceptors (Lipinski definition) is 4. The van der Waals surface area contributed by atoms with Crippen molar-refractivity contribution >= 4 is 5.69 Å². The number of nitrogens with zero attached hydrogens (tertiary/aromatic N) is 4. The predicted octanol–water partition coefficient (Wildman–Crippen LogP) is 2.90. The van der Waals surface area contributed by atoms with Gasteiger partial charge in [-0.25, -0.2) is 4.68 Å². The van der Waals surface area contributed by atoms with E-state index in [1.54, 1.807) is 11.0 Å². The Bertz CT molecular complexity index is 529. The molecule has 1 fully saturated rings. The first-order valence-electron chi connectivity index (χ1n) is 7.38. The predicted molar refractivity (Wildman–Crippen MR) is 78.8 cm³/mol. The highest BCUT2D eigenvalue weighted by molar-refractivity contribution is 5.50. The van der Waals surface area contributed by atoms with Gasteiger partial charge in [-0.15, -0.1) is 5.10 Å². The topological polar surface area (TPSA) is 55.6 Å². The third kappa shape index (κ3) is 3.15. The van der Waals surface area contributed by atoms with Gasteiger partial charge in [-0.2, -0.15) is 0 Å². The third-order valence-electron chi connectivity index (χ3n) is 4.19. The van der Waals surface area contributed by atoms with Crippen LogP contribution >= 0.6 is 0 Å². The van der Waals surface area contributed by atoms with Crippen molar-refractivity contribution in [3.63, 3.8) is 0 Å². The molecule has 1 heterocycles. The first-order chi connectivity index (χ1) is 9.81. The molecule has 1 aliphatic carbocycles. The van der Waals surface area contributed by atoms with Gasteiger partial charge in [0.2, 0.25) is 0 Å². The molecule has 106 valence electrons. The van der Waals surface area contributed by atoms with Crippen molar-refractivity contribution in [1.82, 2.24) is 20.2 Å². The normalized spacial score (nSPS) is 22.6. The van der Waals surface area contributed by atoms with Crippen LogP contribution in [0.25, 0.3) is 5.69 Å². The molecule has 1 aromatic carbocycles. The second kappa shape index (κ2) is 6.03. The van der Waals surface area contributed by atoms with Crippen molar-refractivity contribution in [2.45, 2.75) is 32.6 Å². The SMILES string of the molecule is CC1CCC(CNc2cccc(-n3cnnn3)c2)CC1. The van der Waals surface area contributed by atoms with Gasteiger partial charge < -0.3 is 5.32 Å². The fraction of sp³-hybridized carbons (Fsp3) is 0.533. The van der Waals surface area contributed by atoms with Gasteiger partial charge in [0.25, 0.3) is 0 Å². The summed E-state index contributed by atoms with van der Waals surface area (Å²) in [6.07, 6.45) is 7.05. The highest BCUT2D eigenvalue weighted by Crippen LogP contribution is 2.28. The highest BCUT2D eigenvalue weighted by Gasteiger charge is 2.17. The van der Waals surface area contributed by atoms with Crippen LogP contribution in [0.4, 0.5) is 5.69 Å². The van der Waals surface area contributed by atoms with Crippen molar-refractivity contribution in [3.05, 3.63) is 30.6 Å². The van der Waals surface area contributed by atoms with E-state index in [1.165, 1.54) is 25.7 Å². The summed E-state index contributed by atoms with van der Waals surface area (Å²) in [5.41, 5.74) is 2.12. The zero-order chi connectivity index (χ0) is 13.8. The minimum absolute atomic E-state index is 0.808. The van der Waals surface area contributed by atoms with Crippen LogP contribution in [0, 0.1) is 11.8 Å². The Kier molecular flexibility index (Phi) is 3.95. The molecule has 20 heavy (non-hydrogen) atoms. The molecular formula is C15H21N5. The summed E-state index contributed by atoms with van der Waals surface area (Å²) in [4.78, 5) is 0. The van der Waals surface area contributed by atoms with Crippen molar-refractivity contribution in [3.8, 4) is 5.69 Å². The summed E-state index contributed by atoms with van der Waals surface area (Å²) in [6.45, 7) is 3.42. The van der Waals surface area contributed by atoms with E-state index in [4.69, 9.17) is 0 Å². The van der Waals surface area contributed by atoms with Crippen LogP contribution in [0.15, 0.2) is 30.6 Å². The van der Waals surface area contributed by atoms with E-state index in [9.17, 15) is 0 Å². The van der Waals surface area contributed by atoms with E-state index >= 15 is 0 Å². The largest absolute Gasteiger partial charge is 0.385 e. The molecule has 1 aliphatic rings. The van der Waals surface area contributed by atoms with Crippen LogP contribution < -0.4 is 5.32 Å². The van der Waals surface area contributed by atoms with E-state index in [1.807, 2.05) is 12.1 Å². The van der Waals surface area contributed by atoms with Crippen molar-refractivity contribution < 1.29 is 0 Å². The Hall–Kier alpha value is -1.91. The van der Waals surface area contributed by atoms with Crippen LogP contribution in [0.1, 0.15) is 32.6 Å². The fourth-order valence-electron chi connectivity index (χ4n) is 2.83. The van der Waals surface area contributed by atoms with Gasteiger partial charge in [0, 0.05) is 12.2 Å². The Morgan fingerprint density at radius 2 is 2.10 bits per heavy atom. The molecule has 0 aliphatic heterocycles. The maximum Gasteiger partial charge on any atom is 0.143 e. The van der Waals surface area contributed by atoms with Crippen LogP contribution in [-0.2, 0) is 0 Å². The molecule has 1 aromatic heterocycles. The lowest BCUT2D eigenvalue weighted by atomic mass is 9.83. The summed E-state index contributed by atoms with van der Waals surface area (Å²) >= 11 is 0. The minimum atomic E-state index is 0.808. The summed E-state index contributed by atoms with van der Waals surface area (Å²) in [7, 11) is 0. The lowest BCUT2D eigenvalue weighted by Gasteiger charge is -2.26. The first kappa shape index (κ1) is 13.1. The number of aromatic nitrogens is 4. The van der Waals surface area contributed by atoms with Gasteiger partial charge in [0.15, 0.2) is 0 Å². The standard InChI is InChI=1S/C15H21N5/c1-12-5-7-13(8-6-12)10-16-14-3-2-4-15(9-14)20-11-17-18-19-20/h2-4,9,11-13,16H,5-8,10H2,1H3. The molecule has 5 heteroatoms. The number of benzene rings is 1. The van der Waals surface area contributed by atoms with Crippen molar-refractivity contribution in [2.75, 3.05) is 11.9 Å². The van der Waals surface area contributed by atoms with Gasteiger partial charge in [-0.3, -0.25) is 0 Å². The van der Waals surface area contributed by atoms with E-state index in [0.717, 1.165) is 29.8 Å². The molecule has 3 rings (SSSR count). The number of nitrogens with one attached hydrogen (secondary N) is 1. The van der Waals surface area contributed by atoms with Gasteiger partial charge in [-0.05, 0) is 53.3 Å². The highest BCUT2D eigenvalue weighted by atomic mass is 15.5. The maximum atomic E-state index is 3.91. The summed E-state index contributed by atoms with van der Waals surface area (Å²) in [6, 6.07) is 8.22. The molecule has 0 radical (unpaired) electrons. The Labute approximate surface area is 119 Å². The van der Waals surface area contributed by atoms with E-state index in [0.29, 0.717) is 0 Å². The molecule has 2 aromatic rings. The number of hydrogen-bond donors (Lipinski definition) is 1. The maximum absolute atomic E-state index is 3.91. The minimum Gasteiger partial charge on any atom is -0.385 e. The Balaban J connectivity index is 1.59. The lowest BCUT2D eigenvalue weighted by molar-refractivity contribution is 0.300. The van der Waals surface area contributed by atoms with Gasteiger partial charge in [0.1, 0.15) is 6.33 Å². The van der Waals surface area contributed by atoms with Gasteiger partial charge in [-0.1, -0.05) is 25.8 Å². The third-order valence-corrected chi connectivity index (χ3v) is 4.19. The number of anilines is 1. The van der Waals surface area contributed by atoms with Crippen LogP contribution in [0.3, 0.4) is 0 Å². The second-order valence-corrected chi connectivity index (χ2v) is 5.81. The van der Waals surface area contributed by atoms with Crippen LogP contribution in [-0.4, -0.2) is 26.8 Å². The van der Waals surface area contributed by atoms with Gasteiger partial charge in [0.05, 0.1) is 5.69 Å². The molecule has 0 atom stereocenters. The van der Waals surface area contributed by atoms with Crippen molar-refractivity contribution in [2.24, 2.45) is 11.8 Å². The molecule has 0 spiro atoms. The molecule has 0 amide bonds. The monoisotopic (exact) mass is 271 g/mol. The van der Waals surface area contributed by atoms with E-state index < -0.39 is 0 Å². The Morgan fingerprint density at radius 1 is 1.25 bits per heavy atom. The quantitative estimate of drug-likeness (QED) is 0.929. The van der Waals surface area contributed by atoms with Crippen LogP contribution in [0.5, 0.6) is 0 Å². The zero-order valence-electron chi connectivity index (χ0n) is 11.9. The smallest absolute Gasteiger partial charge is 0.143 e. The van der Waals surface area contributed by atoms with Crippen molar-refractivity contribution in [1.29, 1.82) is 0 Å². The number of tetrazole rings is 1. The molecule has 0 bridgehead atoms. The fourth-order valence-corrected chi connectivity index (χ4v) is 2.83. The average molecular weight is 271 g/mol. The first-order valence-corrected chi connectivity index (χ1v) is 7.38. The lowest BCUT2D eigenvalue weighted by Crippen LogP contribution is -2.20. The average Bonchev–Trinajstić information content (AvgIpc) is 3.01. The van der Waals surface area contributed by atoms with E-state index in [2.05, 4.69) is 39.9 Å². The second-order valence-electron chi connectivity index (χ2n) is 5.81. The summed E-state index contributed by atoms with van der Waals surface area (Å²) in [5.74, 6) is 1.72. The zero-order valence-corrected chi connectivity index (χ0v) is 11.9. The molecule has 0 saturated heterocycles. The molecule has 1 N–H and O–H groups in total. The van der Waals surface area contributed by atoms with E-state index in [-0.39, 0.29) is 0 Å². The summed E-state index contributed by atoms with van der Waals surface area (Å²) in [5, 5.41) is 14.8. The molecule has 0 unspecified atom stereocenters. The molecule has 1 saturated carbocycles. The Morgan fingerprint density at radius 3 is 2.85 bits per heavy atom. The molecular weight excluding hydrogens is 250 g/mol. The molecule has 5 nitrogen and oxygen atoms in total. The number of rotatable bonds is 4. The van der Waals surface area contributed by atoms with Crippen LogP contribution in [0.2, 0.25) is 0 Å². The van der Waals surface area contributed by atoms with Gasteiger partial charge >= 0.3 is 0 Å².